The Bertz CT molecular complexity index is 416. The summed E-state index contributed by atoms with van der Waals surface area (Å²) >= 11 is 6.93. The van der Waals surface area contributed by atoms with Crippen molar-refractivity contribution in [1.82, 2.24) is 0 Å². The molecule has 1 aromatic rings. The van der Waals surface area contributed by atoms with Crippen LogP contribution in [-0.2, 0) is 9.53 Å². The number of benzene rings is 1. The number of carbonyl (C=O) groups is 1. The highest BCUT2D eigenvalue weighted by Crippen LogP contribution is 2.29. The van der Waals surface area contributed by atoms with E-state index in [-0.39, 0.29) is 11.9 Å². The van der Waals surface area contributed by atoms with Gasteiger partial charge in [-0.25, -0.2) is 0 Å². The molecule has 0 aliphatic carbocycles. The molecule has 0 N–H and O–H groups in total. The first kappa shape index (κ1) is 15.7. The zero-order chi connectivity index (χ0) is 13.7. The molecule has 1 rings (SSSR count). The molecule has 2 nitrogen and oxygen atoms in total. The molecule has 0 spiro atoms. The van der Waals surface area contributed by atoms with Crippen LogP contribution >= 0.6 is 31.9 Å². The van der Waals surface area contributed by atoms with Crippen molar-refractivity contribution in [3.63, 3.8) is 0 Å². The second kappa shape index (κ2) is 7.29. The van der Waals surface area contributed by atoms with E-state index < -0.39 is 0 Å². The number of halogens is 2. The lowest BCUT2D eigenvalue weighted by molar-refractivity contribution is -0.145. The zero-order valence-corrected chi connectivity index (χ0v) is 14.0. The third-order valence-corrected chi connectivity index (χ3v) is 3.72. The second-order valence-electron chi connectivity index (χ2n) is 4.85. The van der Waals surface area contributed by atoms with E-state index in [1.807, 2.05) is 39.0 Å². The molecule has 0 saturated carbocycles. The predicted molar refractivity (Wildman–Crippen MR) is 80.7 cm³/mol. The maximum Gasteiger partial charge on any atom is 0.306 e. The Kier molecular flexibility index (Phi) is 6.36. The minimum Gasteiger partial charge on any atom is -0.465 e. The Hall–Kier alpha value is -0.350. The highest BCUT2D eigenvalue weighted by Gasteiger charge is 2.15. The molecular weight excluding hydrogens is 360 g/mol. The van der Waals surface area contributed by atoms with Crippen LogP contribution in [-0.4, -0.2) is 12.6 Å². The molecule has 4 heteroatoms. The van der Waals surface area contributed by atoms with Crippen molar-refractivity contribution in [2.24, 2.45) is 5.92 Å². The summed E-state index contributed by atoms with van der Waals surface area (Å²) in [6.45, 7) is 6.59. The van der Waals surface area contributed by atoms with Crippen molar-refractivity contribution >= 4 is 37.8 Å². The fraction of sp³-hybridized carbons (Fsp3) is 0.500. The van der Waals surface area contributed by atoms with Gasteiger partial charge in [-0.1, -0.05) is 58.7 Å². The largest absolute Gasteiger partial charge is 0.465 e. The number of esters is 1. The summed E-state index contributed by atoms with van der Waals surface area (Å²) < 4.78 is 7.23. The van der Waals surface area contributed by atoms with E-state index in [0.717, 1.165) is 14.5 Å². The number of hydrogen-bond donors (Lipinski definition) is 0. The van der Waals surface area contributed by atoms with E-state index in [4.69, 9.17) is 4.74 Å². The van der Waals surface area contributed by atoms with E-state index in [0.29, 0.717) is 18.9 Å². The molecule has 1 atom stereocenters. The van der Waals surface area contributed by atoms with Gasteiger partial charge in [-0.05, 0) is 29.5 Å². The molecule has 0 radical (unpaired) electrons. The molecule has 1 aromatic carbocycles. The van der Waals surface area contributed by atoms with Gasteiger partial charge in [0.25, 0.3) is 0 Å². The van der Waals surface area contributed by atoms with Crippen molar-refractivity contribution < 1.29 is 9.53 Å². The summed E-state index contributed by atoms with van der Waals surface area (Å²) in [7, 11) is 0. The molecule has 100 valence electrons. The van der Waals surface area contributed by atoms with Crippen molar-refractivity contribution in [3.05, 3.63) is 32.7 Å². The smallest absolute Gasteiger partial charge is 0.306 e. The van der Waals surface area contributed by atoms with Crippen LogP contribution in [0.3, 0.4) is 0 Å². The highest BCUT2D eigenvalue weighted by atomic mass is 79.9. The first-order valence-corrected chi connectivity index (χ1v) is 7.59. The fourth-order valence-corrected chi connectivity index (χ4v) is 3.02. The van der Waals surface area contributed by atoms with Gasteiger partial charge in [0.05, 0.1) is 13.0 Å². The van der Waals surface area contributed by atoms with Crippen LogP contribution in [0, 0.1) is 5.92 Å². The van der Waals surface area contributed by atoms with Crippen LogP contribution in [0.25, 0.3) is 0 Å². The highest BCUT2D eigenvalue weighted by molar-refractivity contribution is 9.11. The number of hydrogen-bond acceptors (Lipinski definition) is 2. The van der Waals surface area contributed by atoms with Gasteiger partial charge in [0.1, 0.15) is 0 Å². The maximum absolute atomic E-state index is 11.7. The normalized spacial score (nSPS) is 12.6. The van der Waals surface area contributed by atoms with Crippen molar-refractivity contribution in [2.45, 2.75) is 33.1 Å². The molecule has 0 fully saturated rings. The number of ether oxygens (including phenoxy) is 1. The summed E-state index contributed by atoms with van der Waals surface area (Å²) in [5, 5.41) is 0. The van der Waals surface area contributed by atoms with Gasteiger partial charge in [-0.2, -0.15) is 0 Å². The fourth-order valence-electron chi connectivity index (χ4n) is 1.58. The SMILES string of the molecule is CC(C)COC(=O)CC(C)c1ccc(Br)cc1Br. The number of carbonyl (C=O) groups excluding carboxylic acids is 1. The minimum atomic E-state index is -0.133. The first-order chi connectivity index (χ1) is 8.40. The average molecular weight is 378 g/mol. The van der Waals surface area contributed by atoms with Crippen LogP contribution in [0.2, 0.25) is 0 Å². The van der Waals surface area contributed by atoms with Crippen molar-refractivity contribution in [1.29, 1.82) is 0 Å². The van der Waals surface area contributed by atoms with Gasteiger partial charge in [0.2, 0.25) is 0 Å². The van der Waals surface area contributed by atoms with Crippen LogP contribution in [0.4, 0.5) is 0 Å². The van der Waals surface area contributed by atoms with Gasteiger partial charge in [0, 0.05) is 8.95 Å². The van der Waals surface area contributed by atoms with Gasteiger partial charge < -0.3 is 4.74 Å². The monoisotopic (exact) mass is 376 g/mol. The van der Waals surface area contributed by atoms with Crippen LogP contribution < -0.4 is 0 Å². The topological polar surface area (TPSA) is 26.3 Å². The van der Waals surface area contributed by atoms with Gasteiger partial charge >= 0.3 is 5.97 Å². The molecule has 1 unspecified atom stereocenters. The van der Waals surface area contributed by atoms with Gasteiger partial charge in [-0.15, -0.1) is 0 Å². The zero-order valence-electron chi connectivity index (χ0n) is 10.9. The average Bonchev–Trinajstić information content (AvgIpc) is 2.26. The standard InChI is InChI=1S/C14H18Br2O2/c1-9(2)8-18-14(17)6-10(3)12-5-4-11(15)7-13(12)16/h4-5,7,9-10H,6,8H2,1-3H3. The molecule has 0 bridgehead atoms. The summed E-state index contributed by atoms with van der Waals surface area (Å²) in [5.41, 5.74) is 1.12. The van der Waals surface area contributed by atoms with E-state index in [1.165, 1.54) is 0 Å². The Morgan fingerprint density at radius 3 is 2.50 bits per heavy atom. The second-order valence-corrected chi connectivity index (χ2v) is 6.62. The third-order valence-electron chi connectivity index (χ3n) is 2.54. The van der Waals surface area contributed by atoms with E-state index in [9.17, 15) is 4.79 Å². The molecular formula is C14H18Br2O2. The molecule has 0 heterocycles. The Morgan fingerprint density at radius 1 is 1.28 bits per heavy atom. The van der Waals surface area contributed by atoms with Crippen molar-refractivity contribution in [2.75, 3.05) is 6.61 Å². The van der Waals surface area contributed by atoms with Gasteiger partial charge in [-0.3, -0.25) is 4.79 Å². The Morgan fingerprint density at radius 2 is 1.94 bits per heavy atom. The summed E-state index contributed by atoms with van der Waals surface area (Å²) in [4.78, 5) is 11.7. The molecule has 0 aromatic heterocycles. The lowest BCUT2D eigenvalue weighted by Crippen LogP contribution is -2.12. The summed E-state index contributed by atoms with van der Waals surface area (Å²) in [6, 6.07) is 6.00. The minimum absolute atomic E-state index is 0.133. The van der Waals surface area contributed by atoms with Crippen LogP contribution in [0.1, 0.15) is 38.7 Å². The van der Waals surface area contributed by atoms with Crippen LogP contribution in [0.15, 0.2) is 27.1 Å². The molecule has 18 heavy (non-hydrogen) atoms. The Balaban J connectivity index is 2.59. The van der Waals surface area contributed by atoms with E-state index in [1.54, 1.807) is 0 Å². The quantitative estimate of drug-likeness (QED) is 0.681. The van der Waals surface area contributed by atoms with E-state index >= 15 is 0 Å². The number of rotatable bonds is 5. The molecule has 0 aliphatic heterocycles. The first-order valence-electron chi connectivity index (χ1n) is 6.00. The van der Waals surface area contributed by atoms with E-state index in [2.05, 4.69) is 31.9 Å². The molecule has 0 aliphatic rings. The summed E-state index contributed by atoms with van der Waals surface area (Å²) in [6.07, 6.45) is 0.410. The van der Waals surface area contributed by atoms with Gasteiger partial charge in [0.15, 0.2) is 0 Å². The molecule has 0 saturated heterocycles. The lowest BCUT2D eigenvalue weighted by Gasteiger charge is -2.14. The maximum atomic E-state index is 11.7. The summed E-state index contributed by atoms with van der Waals surface area (Å²) in [5.74, 6) is 0.391. The lowest BCUT2D eigenvalue weighted by atomic mass is 9.98. The predicted octanol–water partition coefficient (Wildman–Crippen LogP) is 4.90. The van der Waals surface area contributed by atoms with Crippen molar-refractivity contribution in [3.8, 4) is 0 Å². The van der Waals surface area contributed by atoms with Crippen LogP contribution in [0.5, 0.6) is 0 Å². The third kappa shape index (κ3) is 5.11. The Labute approximate surface area is 125 Å². The molecule has 0 amide bonds.